The van der Waals surface area contributed by atoms with Crippen LogP contribution >= 0.6 is 0 Å². The third kappa shape index (κ3) is 3.03. The van der Waals surface area contributed by atoms with Gasteiger partial charge >= 0.3 is 6.98 Å². The topological polar surface area (TPSA) is 12.5 Å². The zero-order valence-corrected chi connectivity index (χ0v) is 8.18. The minimum Gasteiger partial charge on any atom is -0.445 e. The van der Waals surface area contributed by atoms with Crippen LogP contribution in [0.3, 0.4) is 0 Å². The fourth-order valence-corrected chi connectivity index (χ4v) is 1.36. The van der Waals surface area contributed by atoms with Gasteiger partial charge in [0.15, 0.2) is 0 Å². The van der Waals surface area contributed by atoms with E-state index in [4.69, 9.17) is 4.74 Å². The second-order valence-electron chi connectivity index (χ2n) is 3.63. The second kappa shape index (κ2) is 4.36. The minimum atomic E-state index is -4.90. The van der Waals surface area contributed by atoms with Crippen molar-refractivity contribution in [3.63, 3.8) is 0 Å². The highest BCUT2D eigenvalue weighted by molar-refractivity contribution is 6.66. The molecular weight excluding hydrogens is 194 g/mol. The average Bonchev–Trinajstić information content (AvgIpc) is 2.07. The van der Waals surface area contributed by atoms with Gasteiger partial charge in [0.25, 0.3) is 0 Å². The van der Waals surface area contributed by atoms with Crippen molar-refractivity contribution < 1.29 is 17.7 Å². The Morgan fingerprint density at radius 1 is 1.57 bits per heavy atom. The van der Waals surface area contributed by atoms with Gasteiger partial charge in [-0.15, -0.1) is 12.1 Å². The minimum absolute atomic E-state index is 0.0404. The van der Waals surface area contributed by atoms with Crippen molar-refractivity contribution in [3.05, 3.63) is 12.1 Å². The molecule has 0 saturated carbocycles. The lowest BCUT2D eigenvalue weighted by molar-refractivity contribution is 0.00464. The van der Waals surface area contributed by atoms with Crippen LogP contribution in [0.15, 0.2) is 12.1 Å². The molecule has 0 N–H and O–H groups in total. The molecule has 1 atom stereocenters. The predicted octanol–water partition coefficient (Wildman–Crippen LogP) is 1.65. The maximum Gasteiger partial charge on any atom is 0.506 e. The van der Waals surface area contributed by atoms with Crippen LogP contribution < -0.4 is 0 Å². The molecule has 14 heavy (non-hydrogen) atoms. The van der Waals surface area contributed by atoms with Gasteiger partial charge in [0.05, 0.1) is 13.2 Å². The highest BCUT2D eigenvalue weighted by atomic mass is 19.4. The molecule has 1 heterocycles. The van der Waals surface area contributed by atoms with Crippen molar-refractivity contribution in [2.24, 2.45) is 0 Å². The first-order valence-corrected chi connectivity index (χ1v) is 4.60. The third-order valence-electron chi connectivity index (χ3n) is 2.37. The Morgan fingerprint density at radius 3 is 2.71 bits per heavy atom. The summed E-state index contributed by atoms with van der Waals surface area (Å²) >= 11 is 0. The van der Waals surface area contributed by atoms with Crippen LogP contribution in [-0.2, 0) is 4.74 Å². The fourth-order valence-electron chi connectivity index (χ4n) is 1.36. The van der Waals surface area contributed by atoms with Crippen LogP contribution in [0.2, 0.25) is 0 Å². The van der Waals surface area contributed by atoms with Crippen molar-refractivity contribution in [1.82, 2.24) is 4.90 Å². The molecule has 0 bridgehead atoms. The number of hydrogen-bond donors (Lipinski definition) is 0. The normalized spacial score (nSPS) is 25.0. The zero-order valence-electron chi connectivity index (χ0n) is 8.18. The van der Waals surface area contributed by atoms with E-state index in [1.54, 1.807) is 4.90 Å². The summed E-state index contributed by atoms with van der Waals surface area (Å²) in [5.74, 6) is 0. The maximum absolute atomic E-state index is 12.2. The first-order valence-electron chi connectivity index (χ1n) is 4.60. The lowest BCUT2D eigenvalue weighted by Gasteiger charge is -2.35. The predicted molar refractivity (Wildman–Crippen MR) is 50.1 cm³/mol. The van der Waals surface area contributed by atoms with Crippen molar-refractivity contribution in [2.45, 2.75) is 13.0 Å². The maximum atomic E-state index is 12.2. The molecule has 0 aliphatic carbocycles. The van der Waals surface area contributed by atoms with Crippen molar-refractivity contribution in [1.29, 1.82) is 0 Å². The van der Waals surface area contributed by atoms with Gasteiger partial charge in [0.1, 0.15) is 0 Å². The Bertz CT molecular complexity index is 219. The first-order chi connectivity index (χ1) is 6.41. The van der Waals surface area contributed by atoms with Gasteiger partial charge in [-0.2, -0.15) is 0 Å². The molecular formula is C8H14BF3NO-. The summed E-state index contributed by atoms with van der Waals surface area (Å²) in [5, 5.41) is 0. The van der Waals surface area contributed by atoms with Gasteiger partial charge in [0.2, 0.25) is 0 Å². The van der Waals surface area contributed by atoms with E-state index in [0.29, 0.717) is 19.8 Å². The van der Waals surface area contributed by atoms with E-state index in [1.807, 2.05) is 6.92 Å². The van der Waals surface area contributed by atoms with E-state index < -0.39 is 12.4 Å². The van der Waals surface area contributed by atoms with Gasteiger partial charge < -0.3 is 17.7 Å². The standard InChI is InChI=1S/C8H14BF3NO/c1-7(9(10,11)12)5-13-3-4-14-6-8(13)2/h8H,1,3-6H2,2H3/q-1. The van der Waals surface area contributed by atoms with Gasteiger partial charge in [-0.3, -0.25) is 4.90 Å². The Morgan fingerprint density at radius 2 is 2.21 bits per heavy atom. The summed E-state index contributed by atoms with van der Waals surface area (Å²) in [6, 6.07) is 0.0404. The Balaban J connectivity index is 2.46. The molecule has 1 rings (SSSR count). The largest absolute Gasteiger partial charge is 0.506 e. The van der Waals surface area contributed by atoms with E-state index >= 15 is 0 Å². The molecule has 0 aromatic carbocycles. The highest BCUT2D eigenvalue weighted by Gasteiger charge is 2.29. The summed E-state index contributed by atoms with van der Waals surface area (Å²) in [7, 11) is 0. The second-order valence-corrected chi connectivity index (χ2v) is 3.63. The summed E-state index contributed by atoms with van der Waals surface area (Å²) in [6.07, 6.45) is 0. The average molecular weight is 208 g/mol. The molecule has 1 fully saturated rings. The molecule has 1 aliphatic heterocycles. The molecule has 0 aromatic rings. The van der Waals surface area contributed by atoms with Gasteiger partial charge in [-0.05, 0) is 13.5 Å². The van der Waals surface area contributed by atoms with Crippen LogP contribution in [-0.4, -0.2) is 44.2 Å². The molecule has 1 unspecified atom stereocenters. The molecule has 82 valence electrons. The first kappa shape index (κ1) is 11.6. The number of rotatable bonds is 3. The van der Waals surface area contributed by atoms with Crippen molar-refractivity contribution >= 4 is 6.98 Å². The van der Waals surface area contributed by atoms with E-state index in [9.17, 15) is 12.9 Å². The summed E-state index contributed by atoms with van der Waals surface area (Å²) in [6.45, 7) is 1.49. The smallest absolute Gasteiger partial charge is 0.445 e. The van der Waals surface area contributed by atoms with Gasteiger partial charge in [0, 0.05) is 12.6 Å². The number of ether oxygens (including phenoxy) is 1. The summed E-state index contributed by atoms with van der Waals surface area (Å²) < 4.78 is 41.8. The van der Waals surface area contributed by atoms with Crippen LogP contribution in [0.4, 0.5) is 12.9 Å². The van der Waals surface area contributed by atoms with E-state index in [2.05, 4.69) is 6.58 Å². The van der Waals surface area contributed by atoms with E-state index in [0.717, 1.165) is 0 Å². The van der Waals surface area contributed by atoms with Crippen LogP contribution in [0.25, 0.3) is 0 Å². The van der Waals surface area contributed by atoms with Crippen LogP contribution in [0, 0.1) is 0 Å². The lowest BCUT2D eigenvalue weighted by atomic mass is 9.80. The molecule has 0 amide bonds. The molecule has 2 nitrogen and oxygen atoms in total. The SMILES string of the molecule is C=C(CN1CCOCC1C)[B-](F)(F)F. The molecule has 1 saturated heterocycles. The van der Waals surface area contributed by atoms with Crippen molar-refractivity contribution in [2.75, 3.05) is 26.3 Å². The van der Waals surface area contributed by atoms with E-state index in [-0.39, 0.29) is 12.6 Å². The Kier molecular flexibility index (Phi) is 3.61. The highest BCUT2D eigenvalue weighted by Crippen LogP contribution is 2.20. The van der Waals surface area contributed by atoms with Gasteiger partial charge in [-0.25, -0.2) is 0 Å². The number of morpholine rings is 1. The zero-order chi connectivity index (χ0) is 10.8. The summed E-state index contributed by atoms with van der Waals surface area (Å²) in [4.78, 5) is 1.75. The van der Waals surface area contributed by atoms with E-state index in [1.165, 1.54) is 0 Å². The molecule has 1 aliphatic rings. The van der Waals surface area contributed by atoms with Crippen LogP contribution in [0.5, 0.6) is 0 Å². The molecule has 0 spiro atoms. The van der Waals surface area contributed by atoms with Crippen LogP contribution in [0.1, 0.15) is 6.92 Å². The molecule has 0 aromatic heterocycles. The molecule has 6 heteroatoms. The number of hydrogen-bond acceptors (Lipinski definition) is 2. The Labute approximate surface area is 81.8 Å². The fraction of sp³-hybridized carbons (Fsp3) is 0.750. The lowest BCUT2D eigenvalue weighted by Crippen LogP contribution is -2.46. The van der Waals surface area contributed by atoms with Crippen molar-refractivity contribution in [3.8, 4) is 0 Å². The Hall–Kier alpha value is -0.485. The number of halogens is 3. The summed E-state index contributed by atoms with van der Waals surface area (Å²) in [5.41, 5.74) is -0.626. The van der Waals surface area contributed by atoms with Gasteiger partial charge in [-0.1, -0.05) is 0 Å². The quantitative estimate of drug-likeness (QED) is 0.653. The number of nitrogens with zero attached hydrogens (tertiary/aromatic N) is 1. The monoisotopic (exact) mass is 208 g/mol. The third-order valence-corrected chi connectivity index (χ3v) is 2.37. The molecule has 0 radical (unpaired) electrons.